The van der Waals surface area contributed by atoms with Crippen LogP contribution in [0, 0.1) is 0 Å². The second-order valence-corrected chi connectivity index (χ2v) is 12.0. The molecule has 0 N–H and O–H groups in total. The highest BCUT2D eigenvalue weighted by atomic mass is 31.2. The fourth-order valence-corrected chi connectivity index (χ4v) is 8.22. The third-order valence-electron chi connectivity index (χ3n) is 7.01. The van der Waals surface area contributed by atoms with Gasteiger partial charge >= 0.3 is 0 Å². The van der Waals surface area contributed by atoms with Gasteiger partial charge in [-0.2, -0.15) is 0 Å². The average Bonchev–Trinajstić information content (AvgIpc) is 3.72. The summed E-state index contributed by atoms with van der Waals surface area (Å²) in [5.74, 6) is 0. The number of hydrogen-bond donors (Lipinski definition) is 0. The summed E-state index contributed by atoms with van der Waals surface area (Å²) >= 11 is 0. The van der Waals surface area contributed by atoms with Crippen molar-refractivity contribution >= 4 is 24.0 Å². The highest BCUT2D eigenvalue weighted by molar-refractivity contribution is 7.76. The van der Waals surface area contributed by atoms with Crippen LogP contribution in [0.2, 0.25) is 0 Å². The van der Waals surface area contributed by atoms with Crippen LogP contribution in [0.1, 0.15) is 17.2 Å². The van der Waals surface area contributed by atoms with Gasteiger partial charge in [0.1, 0.15) is 0 Å². The van der Waals surface area contributed by atoms with Crippen LogP contribution >= 0.6 is 7.29 Å². The van der Waals surface area contributed by atoms with Gasteiger partial charge in [0.15, 0.2) is 0 Å². The van der Waals surface area contributed by atoms with Crippen molar-refractivity contribution in [3.8, 4) is 11.1 Å². The van der Waals surface area contributed by atoms with Crippen molar-refractivity contribution in [2.75, 3.05) is 0 Å². The Kier molecular flexibility index (Phi) is 6.45. The van der Waals surface area contributed by atoms with Gasteiger partial charge in [-0.1, -0.05) is 133 Å². The quantitative estimate of drug-likeness (QED) is 0.169. The van der Waals surface area contributed by atoms with Gasteiger partial charge in [-0.15, -0.1) is 0 Å². The molecule has 0 aliphatic carbocycles. The van der Waals surface area contributed by atoms with Gasteiger partial charge in [-0.05, 0) is 46.5 Å². The lowest BCUT2D eigenvalue weighted by Gasteiger charge is -2.22. The lowest BCUT2D eigenvalue weighted by molar-refractivity contribution is 0.557. The van der Waals surface area contributed by atoms with Crippen LogP contribution in [0.4, 0.5) is 0 Å². The first-order valence-corrected chi connectivity index (χ1v) is 14.3. The third-order valence-corrected chi connectivity index (χ3v) is 10.2. The van der Waals surface area contributed by atoms with Crippen molar-refractivity contribution in [1.29, 1.82) is 0 Å². The maximum atomic E-state index is 15.2. The van der Waals surface area contributed by atoms with Crippen molar-refractivity contribution in [2.45, 2.75) is 12.1 Å². The summed E-state index contributed by atoms with van der Waals surface area (Å²) in [6.07, 6.45) is 4.36. The second-order valence-electron chi connectivity index (χ2n) is 9.32. The van der Waals surface area contributed by atoms with Gasteiger partial charge in [0.05, 0.1) is 12.1 Å². The fraction of sp³-hybridized carbons (Fsp3) is 0.0588. The van der Waals surface area contributed by atoms with Gasteiger partial charge in [0.25, 0.3) is 0 Å². The fourth-order valence-electron chi connectivity index (χ4n) is 5.10. The zero-order valence-electron chi connectivity index (χ0n) is 20.5. The minimum absolute atomic E-state index is 0.0222. The highest BCUT2D eigenvalue weighted by Crippen LogP contribution is 2.64. The number of rotatable bonds is 7. The molecule has 0 aromatic heterocycles. The molecule has 0 amide bonds. The Morgan fingerprint density at radius 3 is 1.54 bits per heavy atom. The van der Waals surface area contributed by atoms with Crippen molar-refractivity contribution in [3.05, 3.63) is 163 Å². The van der Waals surface area contributed by atoms with E-state index in [0.29, 0.717) is 0 Å². The van der Waals surface area contributed by atoms with Crippen LogP contribution in [0.15, 0.2) is 152 Å². The Morgan fingerprint density at radius 2 is 1.00 bits per heavy atom. The molecular formula is C34H28NOP. The predicted molar refractivity (Wildman–Crippen MR) is 155 cm³/mol. The van der Waals surface area contributed by atoms with E-state index in [-0.39, 0.29) is 12.1 Å². The van der Waals surface area contributed by atoms with Crippen LogP contribution in [0.5, 0.6) is 0 Å². The molecule has 1 aliphatic heterocycles. The number of benzene rings is 5. The van der Waals surface area contributed by atoms with E-state index in [0.717, 1.165) is 16.2 Å². The topological polar surface area (TPSA) is 20.1 Å². The van der Waals surface area contributed by atoms with Crippen molar-refractivity contribution < 1.29 is 4.57 Å². The van der Waals surface area contributed by atoms with Crippen molar-refractivity contribution in [2.24, 2.45) is 0 Å². The minimum atomic E-state index is -3.07. The molecule has 5 aromatic carbocycles. The van der Waals surface area contributed by atoms with E-state index in [2.05, 4.69) is 77.5 Å². The molecule has 0 saturated carbocycles. The van der Waals surface area contributed by atoms with Gasteiger partial charge in [-0.25, -0.2) is 4.67 Å². The Bertz CT molecular complexity index is 1490. The molecule has 180 valence electrons. The molecule has 1 aliphatic rings. The maximum absolute atomic E-state index is 15.2. The molecule has 6 rings (SSSR count). The van der Waals surface area contributed by atoms with E-state index < -0.39 is 7.29 Å². The highest BCUT2D eigenvalue weighted by Gasteiger charge is 2.57. The zero-order chi connectivity index (χ0) is 25.1. The summed E-state index contributed by atoms with van der Waals surface area (Å²) in [7, 11) is -3.07. The second kappa shape index (κ2) is 10.2. The van der Waals surface area contributed by atoms with Crippen LogP contribution < -0.4 is 10.6 Å². The summed E-state index contributed by atoms with van der Waals surface area (Å²) in [5, 5.41) is 1.73. The first kappa shape index (κ1) is 23.4. The number of nitrogens with zero attached hydrogens (tertiary/aromatic N) is 1. The Morgan fingerprint density at radius 1 is 0.541 bits per heavy atom. The molecule has 5 aromatic rings. The van der Waals surface area contributed by atoms with E-state index in [1.54, 1.807) is 0 Å². The molecule has 1 unspecified atom stereocenters. The summed E-state index contributed by atoms with van der Waals surface area (Å²) < 4.78 is 17.4. The predicted octanol–water partition coefficient (Wildman–Crippen LogP) is 7.72. The van der Waals surface area contributed by atoms with Crippen molar-refractivity contribution in [3.63, 3.8) is 0 Å². The maximum Gasteiger partial charge on any atom is 0.208 e. The Labute approximate surface area is 219 Å². The van der Waals surface area contributed by atoms with Crippen LogP contribution in [-0.4, -0.2) is 10.7 Å². The molecular weight excluding hydrogens is 469 g/mol. The molecule has 1 fully saturated rings. The summed E-state index contributed by atoms with van der Waals surface area (Å²) in [4.78, 5) is 0. The lowest BCUT2D eigenvalue weighted by atomic mass is 10.0. The van der Waals surface area contributed by atoms with E-state index in [9.17, 15) is 0 Å². The van der Waals surface area contributed by atoms with Crippen LogP contribution in [-0.2, 0) is 4.57 Å². The first-order chi connectivity index (χ1) is 18.2. The minimum Gasteiger partial charge on any atom is -0.296 e. The first-order valence-electron chi connectivity index (χ1n) is 12.6. The zero-order valence-corrected chi connectivity index (χ0v) is 21.4. The van der Waals surface area contributed by atoms with Gasteiger partial charge in [0.2, 0.25) is 7.29 Å². The van der Waals surface area contributed by atoms with E-state index in [1.165, 1.54) is 16.7 Å². The molecule has 1 heterocycles. The Balaban J connectivity index is 1.42. The number of hydrogen-bond acceptors (Lipinski definition) is 1. The molecule has 37 heavy (non-hydrogen) atoms. The molecule has 0 radical (unpaired) electrons. The SMILES string of the molecule is O=P(c1ccccc1)(c1ccccc1)N1[C@H](/C=C/c2ccccc2)[C@H]1c1ccc(-c2ccccc2)cc1. The summed E-state index contributed by atoms with van der Waals surface area (Å²) in [5.41, 5.74) is 4.69. The van der Waals surface area contributed by atoms with Gasteiger partial charge < -0.3 is 0 Å². The van der Waals surface area contributed by atoms with Crippen molar-refractivity contribution in [1.82, 2.24) is 4.67 Å². The van der Waals surface area contributed by atoms with E-state index >= 15 is 4.57 Å². The van der Waals surface area contributed by atoms with Gasteiger partial charge in [0, 0.05) is 10.6 Å². The molecule has 3 heteroatoms. The van der Waals surface area contributed by atoms with E-state index in [1.807, 2.05) is 84.9 Å². The molecule has 0 bridgehead atoms. The summed E-state index contributed by atoms with van der Waals surface area (Å²) in [6, 6.07) is 49.4. The van der Waals surface area contributed by atoms with E-state index in [4.69, 9.17) is 0 Å². The van der Waals surface area contributed by atoms with Crippen LogP contribution in [0.25, 0.3) is 17.2 Å². The lowest BCUT2D eigenvalue weighted by Crippen LogP contribution is -2.22. The van der Waals surface area contributed by atoms with Crippen LogP contribution in [0.3, 0.4) is 0 Å². The molecule has 1 saturated heterocycles. The normalized spacial score (nSPS) is 19.1. The summed E-state index contributed by atoms with van der Waals surface area (Å²) in [6.45, 7) is 0. The third kappa shape index (κ3) is 4.62. The largest absolute Gasteiger partial charge is 0.296 e. The monoisotopic (exact) mass is 497 g/mol. The average molecular weight is 498 g/mol. The Hall–Kier alpha value is -3.97. The molecule has 3 atom stereocenters. The molecule has 2 nitrogen and oxygen atoms in total. The smallest absolute Gasteiger partial charge is 0.208 e. The standard InChI is InChI=1S/C34H28NOP/c36-37(31-17-9-3-10-18-31,32-19-11-4-12-20-32)35-33(26-21-27-13-5-1-6-14-27)34(35)30-24-22-29(23-25-30)28-15-7-2-8-16-28/h1-26,33-34H/b26-21+/t33-,34-,35?/m1/s1. The van der Waals surface area contributed by atoms with Gasteiger partial charge in [-0.3, -0.25) is 4.57 Å². The molecule has 0 spiro atoms.